The molecule has 0 unspecified atom stereocenters. The monoisotopic (exact) mass is 341 g/mol. The van der Waals surface area contributed by atoms with Crippen LogP contribution in [0.1, 0.15) is 15.2 Å². The van der Waals surface area contributed by atoms with E-state index < -0.39 is 11.9 Å². The first-order valence-electron chi connectivity index (χ1n) is 5.73. The summed E-state index contributed by atoms with van der Waals surface area (Å²) in [6, 6.07) is 6.50. The molecular weight excluding hydrogens is 333 g/mol. The normalized spacial score (nSPS) is 10.8. The lowest BCUT2D eigenvalue weighted by Crippen LogP contribution is -2.13. The maximum atomic E-state index is 11.9. The SMILES string of the molecule is O=C(/C=C/c1cccs1)Nc1c(Cl)ccc(Cl)c1C(=O)O. The number of hydrogen-bond acceptors (Lipinski definition) is 3. The molecule has 2 rings (SSSR count). The van der Waals surface area contributed by atoms with Gasteiger partial charge in [-0.3, -0.25) is 4.79 Å². The van der Waals surface area contributed by atoms with Crippen LogP contribution in [-0.2, 0) is 4.79 Å². The molecule has 0 fully saturated rings. The van der Waals surface area contributed by atoms with E-state index in [1.165, 1.54) is 29.5 Å². The number of carbonyl (C=O) groups is 2. The molecule has 1 amide bonds. The van der Waals surface area contributed by atoms with Crippen LogP contribution >= 0.6 is 34.5 Å². The smallest absolute Gasteiger partial charge is 0.339 e. The van der Waals surface area contributed by atoms with Crippen molar-refractivity contribution in [1.82, 2.24) is 0 Å². The molecule has 0 bridgehead atoms. The van der Waals surface area contributed by atoms with Crippen molar-refractivity contribution in [2.24, 2.45) is 0 Å². The number of aromatic carboxylic acids is 1. The average molecular weight is 342 g/mol. The Morgan fingerprint density at radius 2 is 1.90 bits per heavy atom. The molecule has 0 aliphatic rings. The van der Waals surface area contributed by atoms with Crippen molar-refractivity contribution in [1.29, 1.82) is 0 Å². The fourth-order valence-electron chi connectivity index (χ4n) is 1.59. The number of benzene rings is 1. The third-order valence-electron chi connectivity index (χ3n) is 2.51. The number of halogens is 2. The van der Waals surface area contributed by atoms with E-state index in [1.807, 2.05) is 17.5 Å². The molecule has 0 aliphatic heterocycles. The van der Waals surface area contributed by atoms with E-state index in [0.717, 1.165) is 4.88 Å². The third kappa shape index (κ3) is 3.85. The summed E-state index contributed by atoms with van der Waals surface area (Å²) in [7, 11) is 0. The Balaban J connectivity index is 2.25. The lowest BCUT2D eigenvalue weighted by molar-refractivity contribution is -0.111. The summed E-state index contributed by atoms with van der Waals surface area (Å²) in [4.78, 5) is 24.0. The van der Waals surface area contributed by atoms with Crippen molar-refractivity contribution in [3.63, 3.8) is 0 Å². The zero-order valence-electron chi connectivity index (χ0n) is 10.5. The van der Waals surface area contributed by atoms with Crippen molar-refractivity contribution >= 4 is 58.2 Å². The first-order chi connectivity index (χ1) is 9.99. The summed E-state index contributed by atoms with van der Waals surface area (Å²) >= 11 is 13.2. The van der Waals surface area contributed by atoms with Gasteiger partial charge in [-0.05, 0) is 29.7 Å². The molecule has 0 atom stereocenters. The Kier molecular flexibility index (Phi) is 5.01. The van der Waals surface area contributed by atoms with Gasteiger partial charge in [0.15, 0.2) is 0 Å². The first kappa shape index (κ1) is 15.6. The molecule has 1 aromatic carbocycles. The molecule has 0 radical (unpaired) electrons. The number of carboxylic acids is 1. The molecule has 2 aromatic rings. The molecule has 1 aromatic heterocycles. The summed E-state index contributed by atoms with van der Waals surface area (Å²) in [5, 5.41) is 13.6. The topological polar surface area (TPSA) is 66.4 Å². The molecule has 2 N–H and O–H groups in total. The highest BCUT2D eigenvalue weighted by Crippen LogP contribution is 2.32. The first-order valence-corrected chi connectivity index (χ1v) is 7.36. The van der Waals surface area contributed by atoms with Gasteiger partial charge in [0.1, 0.15) is 5.56 Å². The molecule has 4 nitrogen and oxygen atoms in total. The standard InChI is InChI=1S/C14H9Cl2NO3S/c15-9-4-5-10(16)13(12(9)14(19)20)17-11(18)6-3-8-2-1-7-21-8/h1-7H,(H,17,18)(H,19,20)/b6-3+. The van der Waals surface area contributed by atoms with Crippen LogP contribution in [0.5, 0.6) is 0 Å². The van der Waals surface area contributed by atoms with Gasteiger partial charge in [0.05, 0.1) is 15.7 Å². The fourth-order valence-corrected chi connectivity index (χ4v) is 2.65. The third-order valence-corrected chi connectivity index (χ3v) is 3.98. The van der Waals surface area contributed by atoms with E-state index in [-0.39, 0.29) is 21.3 Å². The second-order valence-electron chi connectivity index (χ2n) is 3.92. The molecule has 21 heavy (non-hydrogen) atoms. The van der Waals surface area contributed by atoms with Crippen LogP contribution in [0.2, 0.25) is 10.0 Å². The minimum atomic E-state index is -1.26. The van der Waals surface area contributed by atoms with Gasteiger partial charge in [0.25, 0.3) is 0 Å². The van der Waals surface area contributed by atoms with Gasteiger partial charge in [0.2, 0.25) is 5.91 Å². The molecule has 0 aliphatic carbocycles. The predicted octanol–water partition coefficient (Wildman–Crippen LogP) is 4.41. The maximum Gasteiger partial charge on any atom is 0.339 e. The Bertz CT molecular complexity index is 711. The van der Waals surface area contributed by atoms with Crippen molar-refractivity contribution in [3.8, 4) is 0 Å². The van der Waals surface area contributed by atoms with Crippen LogP contribution in [0.4, 0.5) is 5.69 Å². The van der Waals surface area contributed by atoms with E-state index in [0.29, 0.717) is 0 Å². The molecule has 1 heterocycles. The number of anilines is 1. The van der Waals surface area contributed by atoms with Gasteiger partial charge < -0.3 is 10.4 Å². The summed E-state index contributed by atoms with van der Waals surface area (Å²) in [5.74, 6) is -1.75. The summed E-state index contributed by atoms with van der Waals surface area (Å²) < 4.78 is 0. The highest BCUT2D eigenvalue weighted by Gasteiger charge is 2.18. The van der Waals surface area contributed by atoms with Crippen LogP contribution in [0.15, 0.2) is 35.7 Å². The zero-order chi connectivity index (χ0) is 15.4. The van der Waals surface area contributed by atoms with Crippen LogP contribution in [0.25, 0.3) is 6.08 Å². The molecule has 0 saturated heterocycles. The van der Waals surface area contributed by atoms with Crippen LogP contribution in [0.3, 0.4) is 0 Å². The van der Waals surface area contributed by atoms with Crippen LogP contribution in [0, 0.1) is 0 Å². The van der Waals surface area contributed by atoms with E-state index in [1.54, 1.807) is 6.08 Å². The number of thiophene rings is 1. The van der Waals surface area contributed by atoms with Crippen molar-refractivity contribution in [2.75, 3.05) is 5.32 Å². The lowest BCUT2D eigenvalue weighted by atomic mass is 10.1. The van der Waals surface area contributed by atoms with Gasteiger partial charge in [-0.2, -0.15) is 0 Å². The summed E-state index contributed by atoms with van der Waals surface area (Å²) in [6.45, 7) is 0. The minimum Gasteiger partial charge on any atom is -0.478 e. The van der Waals surface area contributed by atoms with Gasteiger partial charge >= 0.3 is 5.97 Å². The Hall–Kier alpha value is -1.82. The lowest BCUT2D eigenvalue weighted by Gasteiger charge is -2.10. The highest BCUT2D eigenvalue weighted by molar-refractivity contribution is 7.10. The van der Waals surface area contributed by atoms with Crippen LogP contribution < -0.4 is 5.32 Å². The molecular formula is C14H9Cl2NO3S. The van der Waals surface area contributed by atoms with E-state index in [4.69, 9.17) is 28.3 Å². The minimum absolute atomic E-state index is 0.00411. The van der Waals surface area contributed by atoms with Crippen LogP contribution in [-0.4, -0.2) is 17.0 Å². The highest BCUT2D eigenvalue weighted by atomic mass is 35.5. The second-order valence-corrected chi connectivity index (χ2v) is 5.72. The Morgan fingerprint density at radius 1 is 1.19 bits per heavy atom. The quantitative estimate of drug-likeness (QED) is 0.809. The molecule has 0 spiro atoms. The largest absolute Gasteiger partial charge is 0.478 e. The number of nitrogens with one attached hydrogen (secondary N) is 1. The van der Waals surface area contributed by atoms with Crippen molar-refractivity contribution in [2.45, 2.75) is 0 Å². The number of amides is 1. The van der Waals surface area contributed by atoms with Gasteiger partial charge in [-0.1, -0.05) is 29.3 Å². The van der Waals surface area contributed by atoms with E-state index in [9.17, 15) is 9.59 Å². The Labute approximate surface area is 134 Å². The molecule has 0 saturated carbocycles. The summed E-state index contributed by atoms with van der Waals surface area (Å²) in [6.07, 6.45) is 2.92. The maximum absolute atomic E-state index is 11.9. The van der Waals surface area contributed by atoms with Gasteiger partial charge in [0, 0.05) is 11.0 Å². The van der Waals surface area contributed by atoms with E-state index in [2.05, 4.69) is 5.32 Å². The number of hydrogen-bond donors (Lipinski definition) is 2. The zero-order valence-corrected chi connectivity index (χ0v) is 12.8. The van der Waals surface area contributed by atoms with Gasteiger partial charge in [-0.15, -0.1) is 11.3 Å². The molecule has 108 valence electrons. The molecule has 7 heteroatoms. The fraction of sp³-hybridized carbons (Fsp3) is 0. The summed E-state index contributed by atoms with van der Waals surface area (Å²) in [5.41, 5.74) is -0.250. The van der Waals surface area contributed by atoms with E-state index >= 15 is 0 Å². The van der Waals surface area contributed by atoms with Crippen molar-refractivity contribution < 1.29 is 14.7 Å². The predicted molar refractivity (Wildman–Crippen MR) is 85.4 cm³/mol. The number of carboxylic acid groups (broad SMARTS) is 1. The number of carbonyl (C=O) groups excluding carboxylic acids is 1. The van der Waals surface area contributed by atoms with Gasteiger partial charge in [-0.25, -0.2) is 4.79 Å². The second kappa shape index (κ2) is 6.76. The Morgan fingerprint density at radius 3 is 2.52 bits per heavy atom. The average Bonchev–Trinajstić information content (AvgIpc) is 2.93. The van der Waals surface area contributed by atoms with Crippen molar-refractivity contribution in [3.05, 3.63) is 56.2 Å². The number of rotatable bonds is 4.